The fraction of sp³-hybridized carbons (Fsp3) is 0.350. The summed E-state index contributed by atoms with van der Waals surface area (Å²) in [6, 6.07) is 7.78. The van der Waals surface area contributed by atoms with Crippen LogP contribution in [0.3, 0.4) is 0 Å². The van der Waals surface area contributed by atoms with E-state index in [4.69, 9.17) is 4.74 Å². The molecule has 1 aliphatic carbocycles. The SMILES string of the molecule is CCc1sc2cncn2c1C(O)c1cn(-c2ccc(OCC3CC3)cc2)nn1. The van der Waals surface area contributed by atoms with Crippen molar-refractivity contribution in [3.8, 4) is 11.4 Å². The first kappa shape index (κ1) is 17.4. The Morgan fingerprint density at radius 2 is 2.11 bits per heavy atom. The molecule has 4 aromatic rings. The molecule has 0 spiro atoms. The van der Waals surface area contributed by atoms with E-state index in [1.165, 1.54) is 12.8 Å². The lowest BCUT2D eigenvalue weighted by molar-refractivity contribution is 0.208. The summed E-state index contributed by atoms with van der Waals surface area (Å²) in [4.78, 5) is 6.31. The molecule has 1 fully saturated rings. The number of hydrogen-bond donors (Lipinski definition) is 1. The zero-order valence-corrected chi connectivity index (χ0v) is 16.3. The predicted molar refractivity (Wildman–Crippen MR) is 106 cm³/mol. The summed E-state index contributed by atoms with van der Waals surface area (Å²) in [5.74, 6) is 1.59. The highest BCUT2D eigenvalue weighted by molar-refractivity contribution is 7.17. The van der Waals surface area contributed by atoms with Crippen LogP contribution in [0.1, 0.15) is 42.1 Å². The Kier molecular flexibility index (Phi) is 4.37. The van der Waals surface area contributed by atoms with Crippen molar-refractivity contribution in [3.63, 3.8) is 0 Å². The summed E-state index contributed by atoms with van der Waals surface area (Å²) < 4.78 is 9.38. The van der Waals surface area contributed by atoms with Gasteiger partial charge >= 0.3 is 0 Å². The van der Waals surface area contributed by atoms with Gasteiger partial charge in [0.1, 0.15) is 28.7 Å². The van der Waals surface area contributed by atoms with E-state index in [0.717, 1.165) is 45.8 Å². The second kappa shape index (κ2) is 7.03. The third-order valence-electron chi connectivity index (χ3n) is 5.03. The van der Waals surface area contributed by atoms with Crippen molar-refractivity contribution in [2.24, 2.45) is 5.92 Å². The Morgan fingerprint density at radius 3 is 2.86 bits per heavy atom. The number of imidazole rings is 1. The van der Waals surface area contributed by atoms with Crippen LogP contribution in [-0.4, -0.2) is 36.1 Å². The van der Waals surface area contributed by atoms with E-state index >= 15 is 0 Å². The average molecular weight is 395 g/mol. The number of aliphatic hydroxyl groups excluding tert-OH is 1. The van der Waals surface area contributed by atoms with Gasteiger partial charge in [-0.15, -0.1) is 16.4 Å². The van der Waals surface area contributed by atoms with E-state index in [-0.39, 0.29) is 0 Å². The number of rotatable bonds is 7. The zero-order valence-electron chi connectivity index (χ0n) is 15.5. The van der Waals surface area contributed by atoms with Crippen LogP contribution >= 0.6 is 11.3 Å². The molecule has 0 bridgehead atoms. The second-order valence-corrected chi connectivity index (χ2v) is 8.22. The number of aliphatic hydroxyl groups is 1. The topological polar surface area (TPSA) is 77.5 Å². The number of aryl methyl sites for hydroxylation is 1. The normalized spacial score (nSPS) is 15.2. The lowest BCUT2D eigenvalue weighted by atomic mass is 10.1. The third-order valence-corrected chi connectivity index (χ3v) is 6.29. The minimum Gasteiger partial charge on any atom is -0.493 e. The molecule has 144 valence electrons. The first-order valence-corrected chi connectivity index (χ1v) is 10.3. The van der Waals surface area contributed by atoms with E-state index in [1.807, 2.05) is 34.9 Å². The molecule has 1 saturated carbocycles. The average Bonchev–Trinajstić information content (AvgIpc) is 3.10. The molecular formula is C20H21N5O2S. The highest BCUT2D eigenvalue weighted by Gasteiger charge is 2.23. The summed E-state index contributed by atoms with van der Waals surface area (Å²) >= 11 is 1.64. The summed E-state index contributed by atoms with van der Waals surface area (Å²) in [6.07, 6.45) is 7.85. The van der Waals surface area contributed by atoms with Gasteiger partial charge in [0.2, 0.25) is 0 Å². The number of thiazole rings is 1. The van der Waals surface area contributed by atoms with Gasteiger partial charge in [0.15, 0.2) is 0 Å². The first-order valence-electron chi connectivity index (χ1n) is 9.50. The van der Waals surface area contributed by atoms with Crippen LogP contribution in [0, 0.1) is 5.92 Å². The molecule has 1 N–H and O–H groups in total. The second-order valence-electron chi connectivity index (χ2n) is 7.10. The zero-order chi connectivity index (χ0) is 19.1. The van der Waals surface area contributed by atoms with Crippen molar-refractivity contribution in [3.05, 3.63) is 59.3 Å². The maximum absolute atomic E-state index is 11.0. The molecule has 5 rings (SSSR count). The third kappa shape index (κ3) is 3.18. The largest absolute Gasteiger partial charge is 0.493 e. The Morgan fingerprint density at radius 1 is 1.29 bits per heavy atom. The first-order chi connectivity index (χ1) is 13.7. The van der Waals surface area contributed by atoms with E-state index in [2.05, 4.69) is 22.2 Å². The molecule has 8 heteroatoms. The molecular weight excluding hydrogens is 374 g/mol. The maximum Gasteiger partial charge on any atom is 0.141 e. The Bertz CT molecular complexity index is 1090. The van der Waals surface area contributed by atoms with Crippen LogP contribution in [0.15, 0.2) is 43.0 Å². The molecule has 0 amide bonds. The quantitative estimate of drug-likeness (QED) is 0.519. The van der Waals surface area contributed by atoms with Gasteiger partial charge in [-0.3, -0.25) is 4.40 Å². The molecule has 0 radical (unpaired) electrons. The summed E-state index contributed by atoms with van der Waals surface area (Å²) in [5.41, 5.74) is 2.20. The van der Waals surface area contributed by atoms with Gasteiger partial charge in [0, 0.05) is 4.88 Å². The fourth-order valence-corrected chi connectivity index (χ4v) is 4.32. The lowest BCUT2D eigenvalue weighted by Crippen LogP contribution is -2.06. The smallest absolute Gasteiger partial charge is 0.141 e. The van der Waals surface area contributed by atoms with Crippen LogP contribution in [0.2, 0.25) is 0 Å². The molecule has 0 saturated heterocycles. The Balaban J connectivity index is 1.38. The lowest BCUT2D eigenvalue weighted by Gasteiger charge is -2.09. The molecule has 0 aliphatic heterocycles. The van der Waals surface area contributed by atoms with Gasteiger partial charge in [-0.1, -0.05) is 12.1 Å². The monoisotopic (exact) mass is 395 g/mol. The molecule has 1 aromatic carbocycles. The standard InChI is InChI=1S/C20H21N5O2S/c1-2-17-19(24-12-21-9-18(24)28-17)20(26)16-10-25(23-22-16)14-5-7-15(8-6-14)27-11-13-3-4-13/h5-10,12-13,20,26H,2-4,11H2,1H3. The minimum atomic E-state index is -0.854. The summed E-state index contributed by atoms with van der Waals surface area (Å²) in [7, 11) is 0. The number of fused-ring (bicyclic) bond motifs is 1. The Hall–Kier alpha value is -2.71. The predicted octanol–water partition coefficient (Wildman–Crippen LogP) is 3.41. The van der Waals surface area contributed by atoms with E-state index < -0.39 is 6.10 Å². The van der Waals surface area contributed by atoms with Crippen molar-refractivity contribution >= 4 is 16.2 Å². The van der Waals surface area contributed by atoms with Gasteiger partial charge in [-0.05, 0) is 49.4 Å². The molecule has 1 atom stereocenters. The highest BCUT2D eigenvalue weighted by atomic mass is 32.1. The number of nitrogens with zero attached hydrogens (tertiary/aromatic N) is 5. The number of ether oxygens (including phenoxy) is 1. The van der Waals surface area contributed by atoms with Crippen LogP contribution in [0.25, 0.3) is 10.5 Å². The van der Waals surface area contributed by atoms with Crippen LogP contribution in [-0.2, 0) is 6.42 Å². The van der Waals surface area contributed by atoms with Crippen molar-refractivity contribution in [2.45, 2.75) is 32.3 Å². The van der Waals surface area contributed by atoms with E-state index in [9.17, 15) is 5.11 Å². The van der Waals surface area contributed by atoms with Crippen molar-refractivity contribution in [2.75, 3.05) is 6.61 Å². The number of benzene rings is 1. The summed E-state index contributed by atoms with van der Waals surface area (Å²) in [5, 5.41) is 19.4. The summed E-state index contributed by atoms with van der Waals surface area (Å²) in [6.45, 7) is 2.88. The van der Waals surface area contributed by atoms with Crippen molar-refractivity contribution < 1.29 is 9.84 Å². The highest BCUT2D eigenvalue weighted by Crippen LogP contribution is 2.32. The van der Waals surface area contributed by atoms with E-state index in [0.29, 0.717) is 5.69 Å². The maximum atomic E-state index is 11.0. The molecule has 3 heterocycles. The molecule has 1 unspecified atom stereocenters. The van der Waals surface area contributed by atoms with Gasteiger partial charge < -0.3 is 9.84 Å². The molecule has 3 aromatic heterocycles. The molecule has 1 aliphatic rings. The van der Waals surface area contributed by atoms with E-state index in [1.54, 1.807) is 28.5 Å². The van der Waals surface area contributed by atoms with Crippen molar-refractivity contribution in [1.82, 2.24) is 24.4 Å². The molecule has 28 heavy (non-hydrogen) atoms. The Labute approximate surface area is 166 Å². The molecule has 7 nitrogen and oxygen atoms in total. The van der Waals surface area contributed by atoms with Crippen molar-refractivity contribution in [1.29, 1.82) is 0 Å². The van der Waals surface area contributed by atoms with Gasteiger partial charge in [-0.2, -0.15) is 0 Å². The van der Waals surface area contributed by atoms with Crippen LogP contribution < -0.4 is 4.74 Å². The number of aromatic nitrogens is 5. The van der Waals surface area contributed by atoms with Crippen LogP contribution in [0.4, 0.5) is 0 Å². The van der Waals surface area contributed by atoms with Gasteiger partial charge in [-0.25, -0.2) is 9.67 Å². The number of hydrogen-bond acceptors (Lipinski definition) is 6. The van der Waals surface area contributed by atoms with Crippen LogP contribution in [0.5, 0.6) is 5.75 Å². The van der Waals surface area contributed by atoms with Gasteiger partial charge in [0.05, 0.1) is 30.4 Å². The fourth-order valence-electron chi connectivity index (χ4n) is 3.25. The minimum absolute atomic E-state index is 0.511. The van der Waals surface area contributed by atoms with Gasteiger partial charge in [0.25, 0.3) is 0 Å².